The van der Waals surface area contributed by atoms with Gasteiger partial charge in [0.05, 0.1) is 0 Å². The number of rotatable bonds is 6. The zero-order valence-corrected chi connectivity index (χ0v) is 13.4. The Bertz CT molecular complexity index is 606. The molecule has 1 saturated carbocycles. The minimum atomic E-state index is 0.575. The topological polar surface area (TPSA) is 37.8 Å². The van der Waals surface area contributed by atoms with Gasteiger partial charge in [-0.1, -0.05) is 36.4 Å². The van der Waals surface area contributed by atoms with E-state index in [9.17, 15) is 0 Å². The first kappa shape index (κ1) is 14.4. The van der Waals surface area contributed by atoms with Gasteiger partial charge in [0.25, 0.3) is 0 Å². The van der Waals surface area contributed by atoms with Crippen molar-refractivity contribution in [2.45, 2.75) is 48.9 Å². The average molecular weight is 299 g/mol. The van der Waals surface area contributed by atoms with Crippen LogP contribution >= 0.6 is 11.8 Å². The number of hydrogen-bond acceptors (Lipinski definition) is 4. The van der Waals surface area contributed by atoms with Crippen LogP contribution in [0.15, 0.2) is 40.3 Å². The van der Waals surface area contributed by atoms with Crippen LogP contribution < -0.4 is 5.32 Å². The molecule has 0 atom stereocenters. The van der Waals surface area contributed by atoms with E-state index in [0.29, 0.717) is 5.92 Å². The molecule has 1 fully saturated rings. The molecule has 1 aliphatic carbocycles. The number of benzene rings is 1. The predicted octanol–water partition coefficient (Wildman–Crippen LogP) is 4.64. The van der Waals surface area contributed by atoms with Gasteiger partial charge in [0.15, 0.2) is 0 Å². The van der Waals surface area contributed by atoms with Crippen molar-refractivity contribution in [2.75, 3.05) is 11.9 Å². The Morgan fingerprint density at radius 3 is 2.62 bits per heavy atom. The van der Waals surface area contributed by atoms with Gasteiger partial charge in [0, 0.05) is 23.4 Å². The Labute approximate surface area is 130 Å². The summed E-state index contributed by atoms with van der Waals surface area (Å²) < 4.78 is 0. The molecule has 3 nitrogen and oxygen atoms in total. The van der Waals surface area contributed by atoms with Crippen LogP contribution in [0.4, 0.5) is 5.82 Å². The number of hydrogen-bond donors (Lipinski definition) is 1. The molecule has 3 rings (SSSR count). The number of aromatic nitrogens is 2. The van der Waals surface area contributed by atoms with Crippen molar-refractivity contribution in [1.82, 2.24) is 9.97 Å². The first-order valence-electron chi connectivity index (χ1n) is 7.62. The standard InChI is InChI=1S/C17H21N3S/c1-3-10-18-15-11-16(20-17(19-15)13-6-7-13)21-14-8-4-12(2)5-9-14/h4-5,8-9,11,13H,3,6-7,10H2,1-2H3,(H,18,19,20). The van der Waals surface area contributed by atoms with E-state index < -0.39 is 0 Å². The lowest BCUT2D eigenvalue weighted by molar-refractivity contribution is 0.868. The maximum absolute atomic E-state index is 4.73. The lowest BCUT2D eigenvalue weighted by atomic mass is 10.2. The Balaban J connectivity index is 1.82. The lowest BCUT2D eigenvalue weighted by Crippen LogP contribution is -2.05. The van der Waals surface area contributed by atoms with Gasteiger partial charge >= 0.3 is 0 Å². The fraction of sp³-hybridized carbons (Fsp3) is 0.412. The molecule has 0 radical (unpaired) electrons. The Morgan fingerprint density at radius 1 is 1.19 bits per heavy atom. The highest BCUT2D eigenvalue weighted by Crippen LogP contribution is 2.39. The molecule has 1 aliphatic rings. The number of anilines is 1. The summed E-state index contributed by atoms with van der Waals surface area (Å²) in [7, 11) is 0. The van der Waals surface area contributed by atoms with Crippen LogP contribution in [0.5, 0.6) is 0 Å². The molecule has 0 aliphatic heterocycles. The molecule has 1 aromatic heterocycles. The summed E-state index contributed by atoms with van der Waals surface area (Å²) in [6.45, 7) is 5.23. The number of nitrogens with zero attached hydrogens (tertiary/aromatic N) is 2. The molecular weight excluding hydrogens is 278 g/mol. The Kier molecular flexibility index (Phi) is 4.44. The molecule has 0 spiro atoms. The molecule has 1 aromatic carbocycles. The zero-order valence-electron chi connectivity index (χ0n) is 12.6. The van der Waals surface area contributed by atoms with E-state index in [1.54, 1.807) is 11.8 Å². The van der Waals surface area contributed by atoms with E-state index >= 15 is 0 Å². The summed E-state index contributed by atoms with van der Waals surface area (Å²) in [4.78, 5) is 10.6. The molecule has 21 heavy (non-hydrogen) atoms. The first-order chi connectivity index (χ1) is 10.2. The third-order valence-electron chi connectivity index (χ3n) is 3.46. The van der Waals surface area contributed by atoms with Crippen molar-refractivity contribution in [1.29, 1.82) is 0 Å². The van der Waals surface area contributed by atoms with Crippen LogP contribution in [0.3, 0.4) is 0 Å². The third kappa shape index (κ3) is 3.97. The monoisotopic (exact) mass is 299 g/mol. The van der Waals surface area contributed by atoms with Crippen LogP contribution in [0.1, 0.15) is 43.5 Å². The van der Waals surface area contributed by atoms with Crippen molar-refractivity contribution in [2.24, 2.45) is 0 Å². The van der Waals surface area contributed by atoms with Gasteiger partial charge in [-0.25, -0.2) is 9.97 Å². The van der Waals surface area contributed by atoms with Gasteiger partial charge in [-0.2, -0.15) is 0 Å². The van der Waals surface area contributed by atoms with Gasteiger partial charge in [0.1, 0.15) is 16.7 Å². The summed E-state index contributed by atoms with van der Waals surface area (Å²) in [6, 6.07) is 10.6. The van der Waals surface area contributed by atoms with Crippen LogP contribution in [-0.4, -0.2) is 16.5 Å². The molecule has 4 heteroatoms. The van der Waals surface area contributed by atoms with Gasteiger partial charge in [0.2, 0.25) is 0 Å². The average Bonchev–Trinajstić information content (AvgIpc) is 3.32. The normalized spacial score (nSPS) is 14.2. The summed E-state index contributed by atoms with van der Waals surface area (Å²) in [5, 5.41) is 4.42. The summed E-state index contributed by atoms with van der Waals surface area (Å²) in [5.74, 6) is 2.54. The van der Waals surface area contributed by atoms with E-state index in [2.05, 4.69) is 54.5 Å². The van der Waals surface area contributed by atoms with Crippen molar-refractivity contribution in [3.8, 4) is 0 Å². The van der Waals surface area contributed by atoms with E-state index in [1.807, 2.05) is 0 Å². The van der Waals surface area contributed by atoms with Crippen molar-refractivity contribution in [3.63, 3.8) is 0 Å². The molecule has 0 bridgehead atoms. The van der Waals surface area contributed by atoms with E-state index in [1.165, 1.54) is 23.3 Å². The van der Waals surface area contributed by atoms with Crippen LogP contribution in [0.2, 0.25) is 0 Å². The zero-order chi connectivity index (χ0) is 14.7. The van der Waals surface area contributed by atoms with E-state index in [4.69, 9.17) is 4.98 Å². The quantitative estimate of drug-likeness (QED) is 0.789. The second-order valence-electron chi connectivity index (χ2n) is 5.57. The summed E-state index contributed by atoms with van der Waals surface area (Å²) in [6.07, 6.45) is 3.56. The highest BCUT2D eigenvalue weighted by atomic mass is 32.2. The molecule has 0 saturated heterocycles. The summed E-state index contributed by atoms with van der Waals surface area (Å²) >= 11 is 1.71. The molecule has 1 N–H and O–H groups in total. The first-order valence-corrected chi connectivity index (χ1v) is 8.43. The molecule has 1 heterocycles. The summed E-state index contributed by atoms with van der Waals surface area (Å²) in [5.41, 5.74) is 1.28. The van der Waals surface area contributed by atoms with Gasteiger partial charge in [-0.15, -0.1) is 0 Å². The molecular formula is C17H21N3S. The third-order valence-corrected chi connectivity index (χ3v) is 4.39. The Hall–Kier alpha value is -1.55. The lowest BCUT2D eigenvalue weighted by Gasteiger charge is -2.09. The SMILES string of the molecule is CCCNc1cc(Sc2ccc(C)cc2)nc(C2CC2)n1. The van der Waals surface area contributed by atoms with Gasteiger partial charge in [-0.3, -0.25) is 0 Å². The second kappa shape index (κ2) is 6.48. The molecule has 2 aromatic rings. The predicted molar refractivity (Wildman–Crippen MR) is 88.1 cm³/mol. The molecule has 110 valence electrons. The van der Waals surface area contributed by atoms with Crippen LogP contribution in [-0.2, 0) is 0 Å². The van der Waals surface area contributed by atoms with Gasteiger partial charge in [-0.05, 0) is 38.3 Å². The van der Waals surface area contributed by atoms with Crippen LogP contribution in [0, 0.1) is 6.92 Å². The smallest absolute Gasteiger partial charge is 0.135 e. The second-order valence-corrected chi connectivity index (χ2v) is 6.66. The minimum absolute atomic E-state index is 0.575. The van der Waals surface area contributed by atoms with Crippen molar-refractivity contribution >= 4 is 17.6 Å². The number of nitrogens with one attached hydrogen (secondary N) is 1. The Morgan fingerprint density at radius 2 is 1.95 bits per heavy atom. The van der Waals surface area contributed by atoms with Crippen LogP contribution in [0.25, 0.3) is 0 Å². The molecule has 0 unspecified atom stereocenters. The highest BCUT2D eigenvalue weighted by molar-refractivity contribution is 7.99. The fourth-order valence-electron chi connectivity index (χ4n) is 2.09. The highest BCUT2D eigenvalue weighted by Gasteiger charge is 2.27. The fourth-order valence-corrected chi connectivity index (χ4v) is 2.91. The largest absolute Gasteiger partial charge is 0.370 e. The maximum atomic E-state index is 4.73. The molecule has 0 amide bonds. The van der Waals surface area contributed by atoms with Crippen molar-refractivity contribution < 1.29 is 0 Å². The maximum Gasteiger partial charge on any atom is 0.135 e. The van der Waals surface area contributed by atoms with E-state index in [0.717, 1.165) is 29.6 Å². The number of aryl methyl sites for hydroxylation is 1. The minimum Gasteiger partial charge on any atom is -0.370 e. The van der Waals surface area contributed by atoms with Crippen molar-refractivity contribution in [3.05, 3.63) is 41.7 Å². The van der Waals surface area contributed by atoms with E-state index in [-0.39, 0.29) is 0 Å². The van der Waals surface area contributed by atoms with Gasteiger partial charge < -0.3 is 5.32 Å².